The number of hydrogen-bond donors (Lipinski definition) is 1. The van der Waals surface area contributed by atoms with E-state index in [0.717, 1.165) is 0 Å². The molecule has 2 N–H and O–H groups in total. The fourth-order valence-electron chi connectivity index (χ4n) is 0.723. The number of hydrogen-bond acceptors (Lipinski definition) is 1. The summed E-state index contributed by atoms with van der Waals surface area (Å²) >= 11 is 0. The summed E-state index contributed by atoms with van der Waals surface area (Å²) in [5, 5.41) is 0. The van der Waals surface area contributed by atoms with E-state index in [1.54, 1.807) is 6.08 Å². The molecule has 2 heteroatoms. The molecule has 1 aliphatic carbocycles. The van der Waals surface area contributed by atoms with Crippen LogP contribution < -0.4 is 5.73 Å². The standard InChI is InChI=1S/C7H10FN/c1-7(9)4-2-6(8)3-5-7/h2-4H,5,9H2,1H3/t7-/m1/s1. The van der Waals surface area contributed by atoms with Crippen LogP contribution in [0, 0.1) is 0 Å². The monoisotopic (exact) mass is 127 g/mol. The average molecular weight is 127 g/mol. The predicted octanol–water partition coefficient (Wildman–Crippen LogP) is 1.52. The van der Waals surface area contributed by atoms with Gasteiger partial charge in [0, 0.05) is 5.54 Å². The van der Waals surface area contributed by atoms with Gasteiger partial charge in [0.05, 0.1) is 0 Å². The van der Waals surface area contributed by atoms with Gasteiger partial charge in [0.1, 0.15) is 5.83 Å². The second-order valence-corrected chi connectivity index (χ2v) is 2.63. The zero-order chi connectivity index (χ0) is 6.91. The molecule has 0 amide bonds. The SMILES string of the molecule is C[C@@]1(N)C=CC(F)=CC1. The fourth-order valence-corrected chi connectivity index (χ4v) is 0.723. The third-order valence-electron chi connectivity index (χ3n) is 1.36. The molecule has 0 aromatic carbocycles. The molecule has 1 nitrogen and oxygen atoms in total. The minimum atomic E-state index is -0.338. The normalized spacial score (nSPS) is 34.3. The Bertz CT molecular complexity index is 168. The number of nitrogens with two attached hydrogens (primary N) is 1. The Balaban J connectivity index is 2.70. The van der Waals surface area contributed by atoms with E-state index in [4.69, 9.17) is 5.73 Å². The van der Waals surface area contributed by atoms with Crippen LogP contribution in [-0.2, 0) is 0 Å². The summed E-state index contributed by atoms with van der Waals surface area (Å²) in [6.45, 7) is 1.87. The molecule has 0 aromatic heterocycles. The molecule has 0 heterocycles. The molecule has 0 saturated carbocycles. The largest absolute Gasteiger partial charge is 0.322 e. The minimum absolute atomic E-state index is 0.182. The van der Waals surface area contributed by atoms with E-state index in [9.17, 15) is 4.39 Å². The van der Waals surface area contributed by atoms with Gasteiger partial charge in [-0.1, -0.05) is 6.08 Å². The Morgan fingerprint density at radius 2 is 2.44 bits per heavy atom. The second-order valence-electron chi connectivity index (χ2n) is 2.63. The third kappa shape index (κ3) is 1.64. The lowest BCUT2D eigenvalue weighted by atomic mass is 9.95. The summed E-state index contributed by atoms with van der Waals surface area (Å²) in [5.41, 5.74) is 5.30. The van der Waals surface area contributed by atoms with Gasteiger partial charge in [0.2, 0.25) is 0 Å². The lowest BCUT2D eigenvalue weighted by Crippen LogP contribution is -2.33. The molecule has 0 aromatic rings. The van der Waals surface area contributed by atoms with Gasteiger partial charge < -0.3 is 5.73 Å². The van der Waals surface area contributed by atoms with E-state index in [-0.39, 0.29) is 11.4 Å². The van der Waals surface area contributed by atoms with Crippen molar-refractivity contribution in [3.8, 4) is 0 Å². The Hall–Kier alpha value is -0.630. The highest BCUT2D eigenvalue weighted by Gasteiger charge is 2.15. The van der Waals surface area contributed by atoms with Gasteiger partial charge in [0.25, 0.3) is 0 Å². The van der Waals surface area contributed by atoms with Gasteiger partial charge in [-0.25, -0.2) is 4.39 Å². The smallest absolute Gasteiger partial charge is 0.119 e. The molecule has 9 heavy (non-hydrogen) atoms. The quantitative estimate of drug-likeness (QED) is 0.524. The highest BCUT2D eigenvalue weighted by Crippen LogP contribution is 2.17. The first kappa shape index (κ1) is 6.49. The topological polar surface area (TPSA) is 26.0 Å². The van der Waals surface area contributed by atoms with Gasteiger partial charge in [-0.15, -0.1) is 0 Å². The molecule has 0 bridgehead atoms. The predicted molar refractivity (Wildman–Crippen MR) is 35.5 cm³/mol. The van der Waals surface area contributed by atoms with E-state index in [1.807, 2.05) is 6.92 Å². The molecular formula is C7H10FN. The highest BCUT2D eigenvalue weighted by molar-refractivity contribution is 5.23. The van der Waals surface area contributed by atoms with Crippen molar-refractivity contribution in [2.75, 3.05) is 0 Å². The van der Waals surface area contributed by atoms with Crippen molar-refractivity contribution >= 4 is 0 Å². The van der Waals surface area contributed by atoms with Gasteiger partial charge >= 0.3 is 0 Å². The van der Waals surface area contributed by atoms with E-state index in [2.05, 4.69) is 0 Å². The Morgan fingerprint density at radius 1 is 1.78 bits per heavy atom. The maximum Gasteiger partial charge on any atom is 0.119 e. The van der Waals surface area contributed by atoms with Crippen molar-refractivity contribution in [2.24, 2.45) is 5.73 Å². The molecule has 0 spiro atoms. The minimum Gasteiger partial charge on any atom is -0.322 e. The van der Waals surface area contributed by atoms with Crippen LogP contribution in [0.1, 0.15) is 13.3 Å². The van der Waals surface area contributed by atoms with Crippen molar-refractivity contribution in [3.63, 3.8) is 0 Å². The summed E-state index contributed by atoms with van der Waals surface area (Å²) in [7, 11) is 0. The summed E-state index contributed by atoms with van der Waals surface area (Å²) < 4.78 is 12.2. The zero-order valence-electron chi connectivity index (χ0n) is 5.39. The van der Waals surface area contributed by atoms with Crippen molar-refractivity contribution in [1.82, 2.24) is 0 Å². The molecular weight excluding hydrogens is 117 g/mol. The molecule has 0 saturated heterocycles. The van der Waals surface area contributed by atoms with Crippen molar-refractivity contribution in [1.29, 1.82) is 0 Å². The van der Waals surface area contributed by atoms with Crippen LogP contribution in [0.5, 0.6) is 0 Å². The molecule has 1 atom stereocenters. The fraction of sp³-hybridized carbons (Fsp3) is 0.429. The van der Waals surface area contributed by atoms with Crippen molar-refractivity contribution < 1.29 is 4.39 Å². The number of rotatable bonds is 0. The molecule has 0 aliphatic heterocycles. The summed E-state index contributed by atoms with van der Waals surface area (Å²) in [5.74, 6) is -0.182. The van der Waals surface area contributed by atoms with E-state index in [0.29, 0.717) is 6.42 Å². The summed E-state index contributed by atoms with van der Waals surface area (Å²) in [6.07, 6.45) is 5.18. The van der Waals surface area contributed by atoms with Crippen molar-refractivity contribution in [2.45, 2.75) is 18.9 Å². The third-order valence-corrected chi connectivity index (χ3v) is 1.36. The first-order valence-electron chi connectivity index (χ1n) is 2.94. The van der Waals surface area contributed by atoms with E-state index < -0.39 is 0 Å². The Morgan fingerprint density at radius 3 is 2.78 bits per heavy atom. The second kappa shape index (κ2) is 1.95. The lowest BCUT2D eigenvalue weighted by molar-refractivity contribution is 0.557. The molecule has 1 rings (SSSR count). The molecule has 0 fully saturated rings. The van der Waals surface area contributed by atoms with Gasteiger partial charge in [0.15, 0.2) is 0 Å². The van der Waals surface area contributed by atoms with Crippen LogP contribution in [0.15, 0.2) is 24.1 Å². The van der Waals surface area contributed by atoms with Gasteiger partial charge in [-0.2, -0.15) is 0 Å². The molecule has 1 aliphatic rings. The molecule has 0 radical (unpaired) electrons. The van der Waals surface area contributed by atoms with Crippen LogP contribution in [-0.4, -0.2) is 5.54 Å². The first-order chi connectivity index (χ1) is 4.10. The van der Waals surface area contributed by atoms with Crippen LogP contribution >= 0.6 is 0 Å². The van der Waals surface area contributed by atoms with Gasteiger partial charge in [-0.3, -0.25) is 0 Å². The van der Waals surface area contributed by atoms with E-state index >= 15 is 0 Å². The van der Waals surface area contributed by atoms with Crippen LogP contribution in [0.4, 0.5) is 4.39 Å². The lowest BCUT2D eigenvalue weighted by Gasteiger charge is -2.20. The zero-order valence-corrected chi connectivity index (χ0v) is 5.39. The summed E-state index contributed by atoms with van der Waals surface area (Å²) in [4.78, 5) is 0. The molecule has 0 unspecified atom stereocenters. The van der Waals surface area contributed by atoms with Crippen LogP contribution in [0.3, 0.4) is 0 Å². The Kier molecular flexibility index (Phi) is 1.41. The van der Waals surface area contributed by atoms with Gasteiger partial charge in [-0.05, 0) is 25.5 Å². The summed E-state index contributed by atoms with van der Waals surface area (Å²) in [6, 6.07) is 0. The first-order valence-corrected chi connectivity index (χ1v) is 2.94. The van der Waals surface area contributed by atoms with Crippen LogP contribution in [0.25, 0.3) is 0 Å². The number of allylic oxidation sites excluding steroid dienone is 2. The maximum absolute atomic E-state index is 12.2. The molecule has 50 valence electrons. The van der Waals surface area contributed by atoms with Crippen molar-refractivity contribution in [3.05, 3.63) is 24.1 Å². The Labute approximate surface area is 54.0 Å². The average Bonchev–Trinajstić information content (AvgIpc) is 1.78. The number of halogens is 1. The van der Waals surface area contributed by atoms with Crippen LogP contribution in [0.2, 0.25) is 0 Å². The maximum atomic E-state index is 12.2. The van der Waals surface area contributed by atoms with E-state index in [1.165, 1.54) is 12.2 Å². The highest BCUT2D eigenvalue weighted by atomic mass is 19.1.